The Hall–Kier alpha value is -1.35. The third-order valence-corrected chi connectivity index (χ3v) is 3.05. The summed E-state index contributed by atoms with van der Waals surface area (Å²) >= 11 is 0. The van der Waals surface area contributed by atoms with E-state index in [4.69, 9.17) is 4.74 Å². The molecule has 1 fully saturated rings. The van der Waals surface area contributed by atoms with Crippen LogP contribution in [0.1, 0.15) is 31.4 Å². The first kappa shape index (κ1) is 12.1. The van der Waals surface area contributed by atoms with Crippen molar-refractivity contribution in [1.82, 2.24) is 4.90 Å². The van der Waals surface area contributed by atoms with E-state index in [1.54, 1.807) is 0 Å². The van der Waals surface area contributed by atoms with E-state index in [9.17, 15) is 4.79 Å². The number of benzene rings is 1. The number of hydrogen-bond donors (Lipinski definition) is 0. The zero-order chi connectivity index (χ0) is 12.1. The number of ether oxygens (including phenoxy) is 1. The molecule has 0 aromatic heterocycles. The first-order valence-electron chi connectivity index (χ1n) is 6.25. The molecule has 0 N–H and O–H groups in total. The molecule has 0 aliphatic carbocycles. The quantitative estimate of drug-likeness (QED) is 0.802. The number of amides is 1. The van der Waals surface area contributed by atoms with Crippen LogP contribution in [0.2, 0.25) is 0 Å². The smallest absolute Gasteiger partial charge is 0.222 e. The van der Waals surface area contributed by atoms with Crippen molar-refractivity contribution in [2.45, 2.75) is 25.9 Å². The molecule has 1 aliphatic heterocycles. The van der Waals surface area contributed by atoms with Gasteiger partial charge in [0.1, 0.15) is 6.10 Å². The third-order valence-electron chi connectivity index (χ3n) is 3.05. The number of nitrogens with zero attached hydrogens (tertiary/aromatic N) is 1. The normalized spacial score (nSPS) is 20.3. The van der Waals surface area contributed by atoms with Crippen molar-refractivity contribution in [2.24, 2.45) is 0 Å². The van der Waals surface area contributed by atoms with Gasteiger partial charge in [-0.2, -0.15) is 0 Å². The van der Waals surface area contributed by atoms with E-state index < -0.39 is 0 Å². The number of rotatable bonds is 3. The number of morpholine rings is 1. The van der Waals surface area contributed by atoms with Crippen LogP contribution in [0.4, 0.5) is 0 Å². The van der Waals surface area contributed by atoms with Gasteiger partial charge >= 0.3 is 0 Å². The van der Waals surface area contributed by atoms with Crippen molar-refractivity contribution in [3.8, 4) is 0 Å². The second-order valence-electron chi connectivity index (χ2n) is 4.36. The van der Waals surface area contributed by atoms with Gasteiger partial charge in [-0.3, -0.25) is 4.79 Å². The average molecular weight is 233 g/mol. The van der Waals surface area contributed by atoms with Gasteiger partial charge in [-0.1, -0.05) is 37.3 Å². The molecule has 0 unspecified atom stereocenters. The largest absolute Gasteiger partial charge is 0.370 e. The predicted octanol–water partition coefficient (Wildman–Crippen LogP) is 2.39. The highest BCUT2D eigenvalue weighted by atomic mass is 16.5. The van der Waals surface area contributed by atoms with Crippen molar-refractivity contribution < 1.29 is 9.53 Å². The van der Waals surface area contributed by atoms with Gasteiger partial charge in [-0.25, -0.2) is 0 Å². The van der Waals surface area contributed by atoms with Crippen molar-refractivity contribution in [3.63, 3.8) is 0 Å². The van der Waals surface area contributed by atoms with E-state index in [-0.39, 0.29) is 12.0 Å². The third kappa shape index (κ3) is 3.07. The summed E-state index contributed by atoms with van der Waals surface area (Å²) in [6.45, 7) is 4.08. The maximum atomic E-state index is 11.8. The molecular weight excluding hydrogens is 214 g/mol. The standard InChI is InChI=1S/C14H19NO2/c1-2-6-14(16)15-9-10-17-13(11-15)12-7-4-3-5-8-12/h3-5,7-8,13H,2,6,9-11H2,1H3/t13-/m0/s1. The molecule has 1 aromatic carbocycles. The molecule has 1 aliphatic rings. The van der Waals surface area contributed by atoms with Crippen molar-refractivity contribution in [3.05, 3.63) is 35.9 Å². The van der Waals surface area contributed by atoms with Crippen LogP contribution < -0.4 is 0 Å². The lowest BCUT2D eigenvalue weighted by atomic mass is 10.1. The van der Waals surface area contributed by atoms with Crippen LogP contribution in [0.15, 0.2) is 30.3 Å². The first-order chi connectivity index (χ1) is 8.31. The SMILES string of the molecule is CCCC(=O)N1CCO[C@H](c2ccccc2)C1. The van der Waals surface area contributed by atoms with E-state index in [1.807, 2.05) is 30.0 Å². The second kappa shape index (κ2) is 5.82. The van der Waals surface area contributed by atoms with Gasteiger partial charge in [0, 0.05) is 13.0 Å². The molecule has 1 heterocycles. The van der Waals surface area contributed by atoms with Crippen molar-refractivity contribution in [1.29, 1.82) is 0 Å². The van der Waals surface area contributed by atoms with Crippen LogP contribution in [-0.2, 0) is 9.53 Å². The Morgan fingerprint density at radius 1 is 1.41 bits per heavy atom. The first-order valence-corrected chi connectivity index (χ1v) is 6.25. The zero-order valence-electron chi connectivity index (χ0n) is 10.3. The minimum absolute atomic E-state index is 0.0331. The van der Waals surface area contributed by atoms with Crippen molar-refractivity contribution in [2.75, 3.05) is 19.7 Å². The topological polar surface area (TPSA) is 29.5 Å². The molecule has 3 heteroatoms. The monoisotopic (exact) mass is 233 g/mol. The zero-order valence-corrected chi connectivity index (χ0v) is 10.3. The Bertz CT molecular complexity index is 364. The van der Waals surface area contributed by atoms with Crippen LogP contribution in [-0.4, -0.2) is 30.5 Å². The summed E-state index contributed by atoms with van der Waals surface area (Å²) in [4.78, 5) is 13.8. The molecular formula is C14H19NO2. The van der Waals surface area contributed by atoms with E-state index in [0.717, 1.165) is 18.5 Å². The summed E-state index contributed by atoms with van der Waals surface area (Å²) < 4.78 is 5.73. The summed E-state index contributed by atoms with van der Waals surface area (Å²) in [6, 6.07) is 10.1. The minimum Gasteiger partial charge on any atom is -0.370 e. The predicted molar refractivity (Wildman–Crippen MR) is 66.6 cm³/mol. The fraction of sp³-hybridized carbons (Fsp3) is 0.500. The lowest BCUT2D eigenvalue weighted by Gasteiger charge is -2.33. The fourth-order valence-electron chi connectivity index (χ4n) is 2.12. The second-order valence-corrected chi connectivity index (χ2v) is 4.36. The number of carbonyl (C=O) groups excluding carboxylic acids is 1. The molecule has 1 amide bonds. The van der Waals surface area contributed by atoms with Gasteiger partial charge in [-0.15, -0.1) is 0 Å². The Kier molecular flexibility index (Phi) is 4.15. The molecule has 1 saturated heterocycles. The van der Waals surface area contributed by atoms with Gasteiger partial charge in [0.2, 0.25) is 5.91 Å². The number of hydrogen-bond acceptors (Lipinski definition) is 2. The van der Waals surface area contributed by atoms with E-state index >= 15 is 0 Å². The molecule has 3 nitrogen and oxygen atoms in total. The highest BCUT2D eigenvalue weighted by molar-refractivity contribution is 5.76. The summed E-state index contributed by atoms with van der Waals surface area (Å²) in [7, 11) is 0. The summed E-state index contributed by atoms with van der Waals surface area (Å²) in [6.07, 6.45) is 1.58. The average Bonchev–Trinajstić information content (AvgIpc) is 2.40. The summed E-state index contributed by atoms with van der Waals surface area (Å²) in [5, 5.41) is 0. The minimum atomic E-state index is 0.0331. The summed E-state index contributed by atoms with van der Waals surface area (Å²) in [5.74, 6) is 0.247. The van der Waals surface area contributed by atoms with E-state index in [1.165, 1.54) is 0 Å². The van der Waals surface area contributed by atoms with Gasteiger partial charge in [-0.05, 0) is 12.0 Å². The molecule has 17 heavy (non-hydrogen) atoms. The molecule has 2 rings (SSSR count). The fourth-order valence-corrected chi connectivity index (χ4v) is 2.12. The van der Waals surface area contributed by atoms with Crippen LogP contribution in [0.25, 0.3) is 0 Å². The molecule has 1 aromatic rings. The molecule has 1 atom stereocenters. The van der Waals surface area contributed by atoms with Crippen LogP contribution >= 0.6 is 0 Å². The maximum absolute atomic E-state index is 11.8. The highest BCUT2D eigenvalue weighted by Crippen LogP contribution is 2.22. The highest BCUT2D eigenvalue weighted by Gasteiger charge is 2.24. The Balaban J connectivity index is 2.00. The Morgan fingerprint density at radius 2 is 2.18 bits per heavy atom. The van der Waals surface area contributed by atoms with Crippen LogP contribution in [0.5, 0.6) is 0 Å². The molecule has 0 radical (unpaired) electrons. The maximum Gasteiger partial charge on any atom is 0.222 e. The molecule has 92 valence electrons. The van der Waals surface area contributed by atoms with E-state index in [2.05, 4.69) is 12.1 Å². The van der Waals surface area contributed by atoms with Gasteiger partial charge in [0.15, 0.2) is 0 Å². The van der Waals surface area contributed by atoms with E-state index in [0.29, 0.717) is 19.6 Å². The molecule has 0 spiro atoms. The van der Waals surface area contributed by atoms with Gasteiger partial charge in [0.05, 0.1) is 13.2 Å². The Morgan fingerprint density at radius 3 is 2.88 bits per heavy atom. The van der Waals surface area contributed by atoms with Crippen molar-refractivity contribution >= 4 is 5.91 Å². The molecule has 0 saturated carbocycles. The molecule has 0 bridgehead atoms. The van der Waals surface area contributed by atoms with Crippen LogP contribution in [0.3, 0.4) is 0 Å². The van der Waals surface area contributed by atoms with Crippen LogP contribution in [0, 0.1) is 0 Å². The number of carbonyl (C=O) groups is 1. The van der Waals surface area contributed by atoms with Gasteiger partial charge in [0.25, 0.3) is 0 Å². The lowest BCUT2D eigenvalue weighted by molar-refractivity contribution is -0.139. The lowest BCUT2D eigenvalue weighted by Crippen LogP contribution is -2.42. The van der Waals surface area contributed by atoms with Gasteiger partial charge < -0.3 is 9.64 Å². The Labute approximate surface area is 102 Å². The summed E-state index contributed by atoms with van der Waals surface area (Å²) in [5.41, 5.74) is 1.15.